The van der Waals surface area contributed by atoms with E-state index in [2.05, 4.69) is 10.5 Å². The minimum atomic E-state index is -5.13. The number of oxime groups is 1. The number of rotatable bonds is 5. The number of aryl methyl sites for hydroxylation is 1. The maximum Gasteiger partial charge on any atom is 0.435 e. The van der Waals surface area contributed by atoms with Crippen molar-refractivity contribution in [1.82, 2.24) is 5.32 Å². The summed E-state index contributed by atoms with van der Waals surface area (Å²) in [4.78, 5) is 16.8. The van der Waals surface area contributed by atoms with Crippen molar-refractivity contribution in [2.75, 3.05) is 13.2 Å². The lowest BCUT2D eigenvalue weighted by Gasteiger charge is -2.30. The third kappa shape index (κ3) is 4.92. The number of carbonyl (C=O) groups excluding carboxylic acids is 1. The molecule has 1 aliphatic heterocycles. The van der Waals surface area contributed by atoms with Crippen LogP contribution in [0.3, 0.4) is 0 Å². The van der Waals surface area contributed by atoms with Gasteiger partial charge in [0.1, 0.15) is 6.67 Å². The monoisotopic (exact) mass is 496 g/mol. The SMILES string of the molecule is Cc1cc(C2=NOC(c3cc(Cl)cc(C(F)(F)F)c3)(C(F)(F)F)C2)ccc1C(=O)NCCF. The van der Waals surface area contributed by atoms with Crippen molar-refractivity contribution < 1.29 is 40.4 Å². The molecule has 1 amide bonds. The van der Waals surface area contributed by atoms with Crippen LogP contribution in [0.25, 0.3) is 0 Å². The Bertz CT molecular complexity index is 1100. The lowest BCUT2D eigenvalue weighted by atomic mass is 9.85. The summed E-state index contributed by atoms with van der Waals surface area (Å²) in [6.45, 7) is 0.554. The quantitative estimate of drug-likeness (QED) is 0.520. The molecule has 33 heavy (non-hydrogen) atoms. The number of nitrogens with zero attached hydrogens (tertiary/aromatic N) is 1. The van der Waals surface area contributed by atoms with Gasteiger partial charge in [0, 0.05) is 29.1 Å². The van der Waals surface area contributed by atoms with E-state index in [1.807, 2.05) is 0 Å². The Morgan fingerprint density at radius 1 is 1.15 bits per heavy atom. The van der Waals surface area contributed by atoms with Crippen LogP contribution in [-0.2, 0) is 16.6 Å². The van der Waals surface area contributed by atoms with Gasteiger partial charge < -0.3 is 10.2 Å². The fourth-order valence-corrected chi connectivity index (χ4v) is 3.63. The second-order valence-corrected chi connectivity index (χ2v) is 7.77. The Labute approximate surface area is 188 Å². The zero-order chi connectivity index (χ0) is 24.6. The van der Waals surface area contributed by atoms with Gasteiger partial charge in [0.25, 0.3) is 11.5 Å². The summed E-state index contributed by atoms with van der Waals surface area (Å²) in [5.74, 6) is -0.565. The number of halogens is 8. The third-order valence-electron chi connectivity index (χ3n) is 5.06. The Morgan fingerprint density at radius 3 is 2.42 bits per heavy atom. The summed E-state index contributed by atoms with van der Waals surface area (Å²) in [6.07, 6.45) is -11.0. The van der Waals surface area contributed by atoms with Crippen molar-refractivity contribution in [1.29, 1.82) is 0 Å². The van der Waals surface area contributed by atoms with Crippen molar-refractivity contribution in [2.45, 2.75) is 31.3 Å². The molecule has 1 atom stereocenters. The first-order valence-electron chi connectivity index (χ1n) is 9.44. The Kier molecular flexibility index (Phi) is 6.65. The molecule has 0 radical (unpaired) electrons. The van der Waals surface area contributed by atoms with Gasteiger partial charge in [-0.1, -0.05) is 22.8 Å². The molecule has 0 spiro atoms. The van der Waals surface area contributed by atoms with Gasteiger partial charge >= 0.3 is 12.4 Å². The standard InChI is InChI=1S/C21H16ClF7N2O2/c1-11-6-12(2-3-16(11)18(32)30-5-4-23)17-10-19(33-31-17,21(27,28)29)13-7-14(20(24,25)26)9-15(22)8-13/h2-3,6-9H,4-5,10H2,1H3,(H,30,32). The Balaban J connectivity index is 1.98. The molecule has 0 aromatic heterocycles. The molecule has 0 saturated heterocycles. The van der Waals surface area contributed by atoms with Crippen molar-refractivity contribution >= 4 is 23.2 Å². The average Bonchev–Trinajstić information content (AvgIpc) is 3.18. The lowest BCUT2D eigenvalue weighted by Crippen LogP contribution is -2.43. The van der Waals surface area contributed by atoms with Gasteiger partial charge in [0.05, 0.1) is 11.3 Å². The van der Waals surface area contributed by atoms with Gasteiger partial charge in [-0.3, -0.25) is 4.79 Å². The normalized spacial score (nSPS) is 18.6. The highest BCUT2D eigenvalue weighted by Gasteiger charge is 2.62. The molecule has 3 rings (SSSR count). The van der Waals surface area contributed by atoms with Crippen LogP contribution in [-0.4, -0.2) is 31.0 Å². The molecule has 2 aromatic carbocycles. The van der Waals surface area contributed by atoms with E-state index in [0.717, 1.165) is 6.07 Å². The molecule has 1 unspecified atom stereocenters. The van der Waals surface area contributed by atoms with Crippen LogP contribution in [0.4, 0.5) is 30.7 Å². The van der Waals surface area contributed by atoms with Crippen LogP contribution in [0, 0.1) is 6.92 Å². The molecule has 4 nitrogen and oxygen atoms in total. The van der Waals surface area contributed by atoms with E-state index in [0.29, 0.717) is 17.7 Å². The van der Waals surface area contributed by atoms with Crippen molar-refractivity contribution in [2.24, 2.45) is 5.16 Å². The number of carbonyl (C=O) groups is 1. The smallest absolute Gasteiger partial charge is 0.374 e. The minimum absolute atomic E-state index is 0.179. The summed E-state index contributed by atoms with van der Waals surface area (Å²) in [5.41, 5.74) is -4.83. The fourth-order valence-electron chi connectivity index (χ4n) is 3.40. The Morgan fingerprint density at radius 2 is 1.85 bits per heavy atom. The Hall–Kier alpha value is -2.82. The average molecular weight is 497 g/mol. The van der Waals surface area contributed by atoms with Crippen LogP contribution in [0.15, 0.2) is 41.6 Å². The predicted octanol–water partition coefficient (Wildman–Crippen LogP) is 5.95. The van der Waals surface area contributed by atoms with Crippen LogP contribution >= 0.6 is 11.6 Å². The number of amides is 1. The second kappa shape index (κ2) is 8.85. The van der Waals surface area contributed by atoms with Gasteiger partial charge in [-0.25, -0.2) is 4.39 Å². The lowest BCUT2D eigenvalue weighted by molar-refractivity contribution is -0.276. The van der Waals surface area contributed by atoms with Gasteiger partial charge in [-0.05, 0) is 48.4 Å². The molecule has 2 aromatic rings. The summed E-state index contributed by atoms with van der Waals surface area (Å²) in [5, 5.41) is 5.30. The van der Waals surface area contributed by atoms with E-state index in [4.69, 9.17) is 16.4 Å². The molecule has 12 heteroatoms. The van der Waals surface area contributed by atoms with E-state index in [-0.39, 0.29) is 23.4 Å². The van der Waals surface area contributed by atoms with E-state index in [1.54, 1.807) is 0 Å². The van der Waals surface area contributed by atoms with Gasteiger partial charge in [-0.15, -0.1) is 0 Å². The molecule has 0 saturated carbocycles. The molecular weight excluding hydrogens is 481 g/mol. The predicted molar refractivity (Wildman–Crippen MR) is 106 cm³/mol. The third-order valence-corrected chi connectivity index (χ3v) is 5.28. The van der Waals surface area contributed by atoms with Gasteiger partial charge in [-0.2, -0.15) is 26.3 Å². The molecular formula is C21H16ClF7N2O2. The van der Waals surface area contributed by atoms with Crippen LogP contribution < -0.4 is 5.32 Å². The highest BCUT2D eigenvalue weighted by atomic mass is 35.5. The van der Waals surface area contributed by atoms with Gasteiger partial charge in [0.15, 0.2) is 0 Å². The first kappa shape index (κ1) is 24.8. The topological polar surface area (TPSA) is 50.7 Å². The van der Waals surface area contributed by atoms with Gasteiger partial charge in [0.2, 0.25) is 0 Å². The van der Waals surface area contributed by atoms with Crippen LogP contribution in [0.2, 0.25) is 5.02 Å². The summed E-state index contributed by atoms with van der Waals surface area (Å²) in [6, 6.07) is 5.65. The van der Waals surface area contributed by atoms with Crippen molar-refractivity contribution in [3.8, 4) is 0 Å². The molecule has 1 aliphatic rings. The minimum Gasteiger partial charge on any atom is -0.374 e. The molecule has 0 fully saturated rings. The number of benzene rings is 2. The largest absolute Gasteiger partial charge is 0.435 e. The summed E-state index contributed by atoms with van der Waals surface area (Å²) in [7, 11) is 0. The van der Waals surface area contributed by atoms with E-state index >= 15 is 0 Å². The van der Waals surface area contributed by atoms with E-state index in [1.165, 1.54) is 25.1 Å². The number of hydrogen-bond acceptors (Lipinski definition) is 3. The van der Waals surface area contributed by atoms with E-state index < -0.39 is 53.1 Å². The highest BCUT2D eigenvalue weighted by Crippen LogP contribution is 2.50. The maximum atomic E-state index is 14.1. The number of hydrogen-bond donors (Lipinski definition) is 1. The number of alkyl halides is 7. The molecule has 0 aliphatic carbocycles. The highest BCUT2D eigenvalue weighted by molar-refractivity contribution is 6.30. The van der Waals surface area contributed by atoms with Crippen molar-refractivity contribution in [3.05, 3.63) is 69.2 Å². The van der Waals surface area contributed by atoms with Crippen molar-refractivity contribution in [3.63, 3.8) is 0 Å². The molecule has 0 bridgehead atoms. The first-order chi connectivity index (χ1) is 15.3. The zero-order valence-electron chi connectivity index (χ0n) is 16.9. The fraction of sp³-hybridized carbons (Fsp3) is 0.333. The summed E-state index contributed by atoms with van der Waals surface area (Å²) < 4.78 is 94.1. The zero-order valence-corrected chi connectivity index (χ0v) is 17.6. The first-order valence-corrected chi connectivity index (χ1v) is 9.81. The molecule has 1 N–H and O–H groups in total. The maximum absolute atomic E-state index is 14.1. The number of nitrogens with one attached hydrogen (secondary N) is 1. The van der Waals surface area contributed by atoms with E-state index in [9.17, 15) is 35.5 Å². The molecule has 1 heterocycles. The summed E-state index contributed by atoms with van der Waals surface area (Å²) >= 11 is 5.68. The van der Waals surface area contributed by atoms with Crippen LogP contribution in [0.5, 0.6) is 0 Å². The van der Waals surface area contributed by atoms with Crippen LogP contribution in [0.1, 0.15) is 39.0 Å². The second-order valence-electron chi connectivity index (χ2n) is 7.33. The molecule has 178 valence electrons.